The molecule has 2 heterocycles. The molecular weight excluding hydrogens is 402 g/mol. The highest BCUT2D eigenvalue weighted by Crippen LogP contribution is 2.36. The van der Waals surface area contributed by atoms with Gasteiger partial charge >= 0.3 is 5.97 Å². The molecule has 28 heavy (non-hydrogen) atoms. The van der Waals surface area contributed by atoms with E-state index in [4.69, 9.17) is 23.1 Å². The third kappa shape index (κ3) is 3.96. The van der Waals surface area contributed by atoms with Crippen molar-refractivity contribution in [2.45, 2.75) is 35.1 Å². The van der Waals surface area contributed by atoms with Crippen LogP contribution in [0.5, 0.6) is 0 Å². The van der Waals surface area contributed by atoms with Crippen LogP contribution in [0, 0.1) is 0 Å². The van der Waals surface area contributed by atoms with Gasteiger partial charge in [-0.2, -0.15) is 4.98 Å². The molecule has 1 saturated heterocycles. The lowest BCUT2D eigenvalue weighted by molar-refractivity contribution is 0.0697. The van der Waals surface area contributed by atoms with Crippen molar-refractivity contribution in [1.82, 2.24) is 9.55 Å². The standard InChI is InChI=1S/C18H22ClN5O3S/c1-18(21)6-8-24(9-7-18)17-22-14(20)13(15(25)23(17)2)28-11-5-3-4-10(12(11)19)16(26)27/h3-5H,6-9,20-21H2,1-2H3,(H,26,27). The summed E-state index contributed by atoms with van der Waals surface area (Å²) in [5, 5.41) is 9.28. The first kappa shape index (κ1) is 20.5. The van der Waals surface area contributed by atoms with E-state index < -0.39 is 5.97 Å². The van der Waals surface area contributed by atoms with Crippen LogP contribution in [0.1, 0.15) is 30.1 Å². The quantitative estimate of drug-likeness (QED) is 0.682. The second-order valence-corrected chi connectivity index (χ2v) is 8.59. The molecule has 3 rings (SSSR count). The molecule has 0 atom stereocenters. The second-order valence-electron chi connectivity index (χ2n) is 7.16. The molecule has 0 spiro atoms. The van der Waals surface area contributed by atoms with E-state index in [1.54, 1.807) is 19.2 Å². The first-order valence-corrected chi connectivity index (χ1v) is 9.90. The first-order chi connectivity index (χ1) is 13.1. The molecule has 150 valence electrons. The fourth-order valence-electron chi connectivity index (χ4n) is 3.05. The summed E-state index contributed by atoms with van der Waals surface area (Å²) < 4.78 is 1.45. The Hall–Kier alpha value is -2.23. The summed E-state index contributed by atoms with van der Waals surface area (Å²) in [5.41, 5.74) is 11.7. The van der Waals surface area contributed by atoms with Crippen LogP contribution in [0.2, 0.25) is 5.02 Å². The summed E-state index contributed by atoms with van der Waals surface area (Å²) in [6.45, 7) is 3.39. The smallest absolute Gasteiger partial charge is 0.337 e. The van der Waals surface area contributed by atoms with Gasteiger partial charge in [0.05, 0.1) is 10.6 Å². The van der Waals surface area contributed by atoms with Crippen LogP contribution in [0.4, 0.5) is 11.8 Å². The molecule has 1 aliphatic heterocycles. The number of piperidine rings is 1. The molecule has 1 fully saturated rings. The van der Waals surface area contributed by atoms with E-state index in [-0.39, 0.29) is 32.4 Å². The third-order valence-electron chi connectivity index (χ3n) is 4.85. The normalized spacial score (nSPS) is 16.2. The number of aromatic nitrogens is 2. The molecule has 1 aliphatic rings. The number of benzene rings is 1. The lowest BCUT2D eigenvalue weighted by Gasteiger charge is -2.37. The molecule has 0 unspecified atom stereocenters. The molecule has 10 heteroatoms. The number of aromatic carboxylic acids is 1. The van der Waals surface area contributed by atoms with Crippen molar-refractivity contribution < 1.29 is 9.90 Å². The monoisotopic (exact) mass is 423 g/mol. The number of nitrogens with zero attached hydrogens (tertiary/aromatic N) is 3. The van der Waals surface area contributed by atoms with Gasteiger partial charge in [-0.3, -0.25) is 9.36 Å². The summed E-state index contributed by atoms with van der Waals surface area (Å²) >= 11 is 7.20. The lowest BCUT2D eigenvalue weighted by atomic mass is 9.91. The summed E-state index contributed by atoms with van der Waals surface area (Å²) in [6.07, 6.45) is 1.58. The first-order valence-electron chi connectivity index (χ1n) is 8.71. The van der Waals surface area contributed by atoms with Gasteiger partial charge in [0.1, 0.15) is 10.7 Å². The second kappa shape index (κ2) is 7.65. The molecule has 0 amide bonds. The van der Waals surface area contributed by atoms with Crippen LogP contribution in [0.15, 0.2) is 32.8 Å². The zero-order chi connectivity index (χ0) is 20.6. The molecule has 1 aromatic carbocycles. The zero-order valence-electron chi connectivity index (χ0n) is 15.6. The van der Waals surface area contributed by atoms with Crippen molar-refractivity contribution in [3.63, 3.8) is 0 Å². The van der Waals surface area contributed by atoms with Crippen LogP contribution in [-0.4, -0.2) is 39.3 Å². The summed E-state index contributed by atoms with van der Waals surface area (Å²) in [4.78, 5) is 31.3. The van der Waals surface area contributed by atoms with Crippen LogP contribution in [-0.2, 0) is 7.05 Å². The Labute approximate surface area is 171 Å². The minimum atomic E-state index is -1.14. The predicted molar refractivity (Wildman–Crippen MR) is 110 cm³/mol. The van der Waals surface area contributed by atoms with E-state index in [1.165, 1.54) is 10.6 Å². The topological polar surface area (TPSA) is 127 Å². The molecule has 0 bridgehead atoms. The molecular formula is C18H22ClN5O3S. The average molecular weight is 424 g/mol. The number of hydrogen-bond donors (Lipinski definition) is 3. The fraction of sp³-hybridized carbons (Fsp3) is 0.389. The Morgan fingerprint density at radius 1 is 1.36 bits per heavy atom. The predicted octanol–water partition coefficient (Wildman–Crippen LogP) is 2.18. The average Bonchev–Trinajstić information content (AvgIpc) is 2.63. The van der Waals surface area contributed by atoms with E-state index in [0.717, 1.165) is 24.6 Å². The Bertz CT molecular complexity index is 982. The van der Waals surface area contributed by atoms with Crippen LogP contribution in [0.3, 0.4) is 0 Å². The van der Waals surface area contributed by atoms with Crippen molar-refractivity contribution in [2.75, 3.05) is 23.7 Å². The number of carboxylic acids is 1. The minimum absolute atomic E-state index is 0.0372. The largest absolute Gasteiger partial charge is 0.478 e. The zero-order valence-corrected chi connectivity index (χ0v) is 17.2. The highest BCUT2D eigenvalue weighted by Gasteiger charge is 2.28. The lowest BCUT2D eigenvalue weighted by Crippen LogP contribution is -2.49. The van der Waals surface area contributed by atoms with E-state index in [0.29, 0.717) is 23.9 Å². The van der Waals surface area contributed by atoms with E-state index in [1.807, 2.05) is 11.8 Å². The maximum atomic E-state index is 12.9. The summed E-state index contributed by atoms with van der Waals surface area (Å²) in [6, 6.07) is 4.61. The molecule has 5 N–H and O–H groups in total. The number of nitrogen functional groups attached to an aromatic ring is 1. The van der Waals surface area contributed by atoms with Crippen LogP contribution >= 0.6 is 23.4 Å². The van der Waals surface area contributed by atoms with E-state index >= 15 is 0 Å². The van der Waals surface area contributed by atoms with E-state index in [9.17, 15) is 14.7 Å². The van der Waals surface area contributed by atoms with Gasteiger partial charge in [-0.05, 0) is 31.9 Å². The fourth-order valence-corrected chi connectivity index (χ4v) is 4.31. The van der Waals surface area contributed by atoms with Crippen molar-refractivity contribution in [1.29, 1.82) is 0 Å². The third-order valence-corrected chi connectivity index (χ3v) is 6.51. The maximum Gasteiger partial charge on any atom is 0.337 e. The van der Waals surface area contributed by atoms with Crippen LogP contribution in [0.25, 0.3) is 0 Å². The molecule has 0 saturated carbocycles. The highest BCUT2D eigenvalue weighted by atomic mass is 35.5. The number of hydrogen-bond acceptors (Lipinski definition) is 7. The van der Waals surface area contributed by atoms with Gasteiger partial charge in [-0.25, -0.2) is 4.79 Å². The number of halogens is 1. The van der Waals surface area contributed by atoms with Gasteiger partial charge in [0.25, 0.3) is 5.56 Å². The van der Waals surface area contributed by atoms with Gasteiger partial charge in [0.15, 0.2) is 0 Å². The Morgan fingerprint density at radius 3 is 2.61 bits per heavy atom. The van der Waals surface area contributed by atoms with Crippen LogP contribution < -0.4 is 21.9 Å². The molecule has 0 aliphatic carbocycles. The molecule has 1 aromatic heterocycles. The number of carboxylic acid groups (broad SMARTS) is 1. The Balaban J connectivity index is 1.95. The van der Waals surface area contributed by atoms with Crippen molar-refractivity contribution in [3.05, 3.63) is 39.1 Å². The van der Waals surface area contributed by atoms with Crippen molar-refractivity contribution in [3.8, 4) is 0 Å². The number of rotatable bonds is 4. The summed E-state index contributed by atoms with van der Waals surface area (Å²) in [7, 11) is 1.64. The SMILES string of the molecule is Cn1c(N2CCC(C)(N)CC2)nc(N)c(Sc2cccc(C(=O)O)c2Cl)c1=O. The molecule has 2 aromatic rings. The minimum Gasteiger partial charge on any atom is -0.478 e. The van der Waals surface area contributed by atoms with Crippen molar-refractivity contribution in [2.24, 2.45) is 12.8 Å². The highest BCUT2D eigenvalue weighted by molar-refractivity contribution is 7.99. The van der Waals surface area contributed by atoms with Crippen molar-refractivity contribution >= 4 is 41.1 Å². The van der Waals surface area contributed by atoms with Gasteiger partial charge in [-0.15, -0.1) is 0 Å². The maximum absolute atomic E-state index is 12.9. The molecule has 8 nitrogen and oxygen atoms in total. The number of carbonyl (C=O) groups is 1. The number of nitrogens with two attached hydrogens (primary N) is 2. The van der Waals surface area contributed by atoms with Gasteiger partial charge in [0.2, 0.25) is 5.95 Å². The number of anilines is 2. The Kier molecular flexibility index (Phi) is 5.60. The summed E-state index contributed by atoms with van der Waals surface area (Å²) in [5.74, 6) is -0.562. The van der Waals surface area contributed by atoms with Gasteiger partial charge < -0.3 is 21.5 Å². The van der Waals surface area contributed by atoms with Gasteiger partial charge in [0, 0.05) is 30.6 Å². The van der Waals surface area contributed by atoms with E-state index in [2.05, 4.69) is 4.98 Å². The van der Waals surface area contributed by atoms with Gasteiger partial charge in [-0.1, -0.05) is 29.4 Å². The molecule has 0 radical (unpaired) electrons. The Morgan fingerprint density at radius 2 is 2.00 bits per heavy atom.